The molecule has 3 aromatic carbocycles. The highest BCUT2D eigenvalue weighted by Gasteiger charge is 2.34. The molecule has 0 aliphatic carbocycles. The molecule has 2 saturated heterocycles. The van der Waals surface area contributed by atoms with E-state index in [0.29, 0.717) is 29.4 Å². The number of hydrogen-bond acceptors (Lipinski definition) is 6. The maximum absolute atomic E-state index is 13.1. The van der Waals surface area contributed by atoms with Crippen molar-refractivity contribution in [1.29, 1.82) is 0 Å². The molecule has 0 N–H and O–H groups in total. The molecule has 7 nitrogen and oxygen atoms in total. The van der Waals surface area contributed by atoms with Crippen LogP contribution in [0.25, 0.3) is 6.08 Å². The number of rotatable bonds is 10. The summed E-state index contributed by atoms with van der Waals surface area (Å²) in [4.78, 5) is 31.8. The van der Waals surface area contributed by atoms with E-state index in [1.807, 2.05) is 24.3 Å². The molecule has 0 radical (unpaired) electrons. The van der Waals surface area contributed by atoms with Crippen LogP contribution >= 0.6 is 0 Å². The molecule has 2 aliphatic rings. The first-order chi connectivity index (χ1) is 19.4. The number of amides is 2. The van der Waals surface area contributed by atoms with E-state index in [1.165, 1.54) is 29.2 Å². The average molecular weight is 544 g/mol. The summed E-state index contributed by atoms with van der Waals surface area (Å²) in [6.45, 7) is 6.34. The average Bonchev–Trinajstić information content (AvgIpc) is 3.24. The number of unbranched alkanes of at least 4 members (excludes halogenated alkanes) is 1. The molecule has 0 unspecified atom stereocenters. The molecule has 2 heterocycles. The van der Waals surface area contributed by atoms with Crippen LogP contribution in [0, 0.1) is 5.82 Å². The van der Waals surface area contributed by atoms with Crippen molar-refractivity contribution in [3.05, 3.63) is 89.8 Å². The number of hydrogen-bond donors (Lipinski definition) is 0. The Morgan fingerprint density at radius 3 is 2.10 bits per heavy atom. The highest BCUT2D eigenvalue weighted by molar-refractivity contribution is 6.29. The van der Waals surface area contributed by atoms with Crippen LogP contribution in [0.2, 0.25) is 0 Å². The molecule has 5 rings (SSSR count). The van der Waals surface area contributed by atoms with E-state index in [-0.39, 0.29) is 24.1 Å². The van der Waals surface area contributed by atoms with Gasteiger partial charge in [-0.05, 0) is 98.7 Å². The van der Waals surface area contributed by atoms with Crippen LogP contribution in [0.1, 0.15) is 24.8 Å². The first-order valence-corrected chi connectivity index (χ1v) is 13.7. The van der Waals surface area contributed by atoms with Crippen LogP contribution in [0.3, 0.4) is 0 Å². The molecule has 0 saturated carbocycles. The first-order valence-electron chi connectivity index (χ1n) is 13.7. The van der Waals surface area contributed by atoms with Gasteiger partial charge in [-0.25, -0.2) is 9.29 Å². The lowest BCUT2D eigenvalue weighted by molar-refractivity contribution is -0.120. The smallest absolute Gasteiger partial charge is 0.261 e. The number of nitrogens with zero attached hydrogens (tertiary/aromatic N) is 3. The van der Waals surface area contributed by atoms with Crippen molar-refractivity contribution in [2.75, 3.05) is 51.3 Å². The van der Waals surface area contributed by atoms with Gasteiger partial charge in [0, 0.05) is 31.8 Å². The predicted molar refractivity (Wildman–Crippen MR) is 153 cm³/mol. The first kappa shape index (κ1) is 27.6. The van der Waals surface area contributed by atoms with Gasteiger partial charge < -0.3 is 19.3 Å². The molecule has 2 fully saturated rings. The molecular formula is C32H34FN3O4. The Kier molecular flexibility index (Phi) is 8.88. The lowest BCUT2D eigenvalue weighted by atomic mass is 10.1. The third kappa shape index (κ3) is 7.14. The van der Waals surface area contributed by atoms with Crippen molar-refractivity contribution in [3.63, 3.8) is 0 Å². The van der Waals surface area contributed by atoms with Gasteiger partial charge in [0.15, 0.2) is 0 Å². The summed E-state index contributed by atoms with van der Waals surface area (Å²) >= 11 is 0. The van der Waals surface area contributed by atoms with Gasteiger partial charge in [-0.2, -0.15) is 0 Å². The summed E-state index contributed by atoms with van der Waals surface area (Å²) in [6.07, 6.45) is 3.92. The topological polar surface area (TPSA) is 62.3 Å². The fourth-order valence-electron chi connectivity index (χ4n) is 4.81. The normalized spacial score (nSPS) is 17.6. The fourth-order valence-corrected chi connectivity index (χ4v) is 4.81. The number of carbonyl (C=O) groups excluding carboxylic acids is 2. The van der Waals surface area contributed by atoms with Gasteiger partial charge in [-0.15, -0.1) is 0 Å². The number of piperazine rings is 1. The van der Waals surface area contributed by atoms with Crippen LogP contribution in [-0.2, 0) is 9.59 Å². The van der Waals surface area contributed by atoms with E-state index in [4.69, 9.17) is 9.47 Å². The minimum atomic E-state index is -0.343. The lowest BCUT2D eigenvalue weighted by Gasteiger charge is -2.32. The van der Waals surface area contributed by atoms with Gasteiger partial charge >= 0.3 is 0 Å². The number of likely N-dealkylation sites (N-methyl/N-ethyl adjacent to an activating group) is 1. The van der Waals surface area contributed by atoms with Gasteiger partial charge in [0.25, 0.3) is 5.91 Å². The number of benzene rings is 3. The molecular weight excluding hydrogens is 509 g/mol. The van der Waals surface area contributed by atoms with Crippen molar-refractivity contribution < 1.29 is 23.5 Å². The zero-order valence-electron chi connectivity index (χ0n) is 22.7. The van der Waals surface area contributed by atoms with Crippen LogP contribution in [0.4, 0.5) is 10.1 Å². The van der Waals surface area contributed by atoms with Crippen LogP contribution in [0.5, 0.6) is 17.2 Å². The number of ether oxygens (including phenoxy) is 2. The molecule has 0 bridgehead atoms. The monoisotopic (exact) mass is 543 g/mol. The van der Waals surface area contributed by atoms with E-state index in [9.17, 15) is 14.0 Å². The molecule has 8 heteroatoms. The predicted octanol–water partition coefficient (Wildman–Crippen LogP) is 5.37. The van der Waals surface area contributed by atoms with Gasteiger partial charge in [-0.3, -0.25) is 9.59 Å². The number of halogens is 1. The Labute approximate surface area is 234 Å². The molecule has 2 aliphatic heterocycles. The summed E-state index contributed by atoms with van der Waals surface area (Å²) < 4.78 is 24.7. The largest absolute Gasteiger partial charge is 0.494 e. The SMILES string of the molecule is CN1CCN(CCCCOc2ccc(C=C3CC(=O)N(c4ccc(Oc5ccc(F)cc5)cc4)C3=O)cc2)CC1. The minimum Gasteiger partial charge on any atom is -0.494 e. The second-order valence-electron chi connectivity index (χ2n) is 10.2. The molecule has 0 atom stereocenters. The third-order valence-electron chi connectivity index (χ3n) is 7.17. The van der Waals surface area contributed by atoms with Crippen LogP contribution < -0.4 is 14.4 Å². The third-order valence-corrected chi connectivity index (χ3v) is 7.17. The summed E-state index contributed by atoms with van der Waals surface area (Å²) in [5, 5.41) is 0. The van der Waals surface area contributed by atoms with E-state index >= 15 is 0 Å². The number of imide groups is 1. The van der Waals surface area contributed by atoms with E-state index in [1.54, 1.807) is 30.3 Å². The Balaban J connectivity index is 1.11. The Morgan fingerprint density at radius 2 is 1.43 bits per heavy atom. The standard InChI is InChI=1S/C32H34FN3O4/c1-34-17-19-35(20-18-34)16-2-3-21-39-28-10-4-24(5-11-28)22-25-23-31(37)36(32(25)38)27-8-14-30(15-9-27)40-29-12-6-26(33)7-13-29/h4-15,22H,2-3,16-21,23H2,1H3. The highest BCUT2D eigenvalue weighted by atomic mass is 19.1. The van der Waals surface area contributed by atoms with Crippen molar-refractivity contribution >= 4 is 23.6 Å². The summed E-state index contributed by atoms with van der Waals surface area (Å²) in [5.41, 5.74) is 1.75. The van der Waals surface area contributed by atoms with E-state index in [0.717, 1.165) is 56.9 Å². The zero-order valence-corrected chi connectivity index (χ0v) is 22.7. The zero-order chi connectivity index (χ0) is 27.9. The second kappa shape index (κ2) is 12.9. The molecule has 208 valence electrons. The van der Waals surface area contributed by atoms with Crippen molar-refractivity contribution in [1.82, 2.24) is 9.80 Å². The molecule has 3 aromatic rings. The highest BCUT2D eigenvalue weighted by Crippen LogP contribution is 2.30. The summed E-state index contributed by atoms with van der Waals surface area (Å²) in [5.74, 6) is 0.843. The van der Waals surface area contributed by atoms with Crippen LogP contribution in [0.15, 0.2) is 78.4 Å². The van der Waals surface area contributed by atoms with Gasteiger partial charge in [-0.1, -0.05) is 12.1 Å². The molecule has 0 spiro atoms. The second-order valence-corrected chi connectivity index (χ2v) is 10.2. The maximum atomic E-state index is 13.1. The maximum Gasteiger partial charge on any atom is 0.261 e. The van der Waals surface area contributed by atoms with Gasteiger partial charge in [0.2, 0.25) is 5.91 Å². The quantitative estimate of drug-likeness (QED) is 0.195. The lowest BCUT2D eigenvalue weighted by Crippen LogP contribution is -2.44. The molecule has 2 amide bonds. The van der Waals surface area contributed by atoms with Crippen molar-refractivity contribution in [2.24, 2.45) is 0 Å². The Morgan fingerprint density at radius 1 is 0.800 bits per heavy atom. The summed E-state index contributed by atoms with van der Waals surface area (Å²) in [7, 11) is 2.17. The number of carbonyl (C=O) groups is 2. The van der Waals surface area contributed by atoms with Gasteiger partial charge in [0.05, 0.1) is 18.7 Å². The molecule has 40 heavy (non-hydrogen) atoms. The minimum absolute atomic E-state index is 0.0399. The van der Waals surface area contributed by atoms with E-state index in [2.05, 4.69) is 16.8 Å². The van der Waals surface area contributed by atoms with E-state index < -0.39 is 0 Å². The fraction of sp³-hybridized carbons (Fsp3) is 0.312. The molecule has 0 aromatic heterocycles. The Hall–Kier alpha value is -4.01. The number of anilines is 1. The Bertz CT molecular complexity index is 1330. The van der Waals surface area contributed by atoms with Gasteiger partial charge in [0.1, 0.15) is 23.1 Å². The van der Waals surface area contributed by atoms with Crippen molar-refractivity contribution in [2.45, 2.75) is 19.3 Å². The summed E-state index contributed by atoms with van der Waals surface area (Å²) in [6, 6.07) is 19.9. The van der Waals surface area contributed by atoms with Crippen molar-refractivity contribution in [3.8, 4) is 17.2 Å². The van der Waals surface area contributed by atoms with Crippen LogP contribution in [-0.4, -0.2) is 68.0 Å².